The van der Waals surface area contributed by atoms with Crippen LogP contribution in [-0.2, 0) is 11.3 Å². The van der Waals surface area contributed by atoms with Crippen LogP contribution in [0, 0.1) is 0 Å². The topological polar surface area (TPSA) is 46.1 Å². The van der Waals surface area contributed by atoms with E-state index in [4.69, 9.17) is 11.6 Å². The second-order valence-electron chi connectivity index (χ2n) is 3.19. The van der Waals surface area contributed by atoms with E-state index in [-0.39, 0.29) is 11.8 Å². The molecule has 0 saturated heterocycles. The summed E-state index contributed by atoms with van der Waals surface area (Å²) in [7, 11) is 0. The van der Waals surface area contributed by atoms with Gasteiger partial charge in [-0.05, 0) is 6.42 Å². The first-order chi connectivity index (χ1) is 7.77. The fourth-order valence-corrected chi connectivity index (χ4v) is 1.75. The first-order valence-electron chi connectivity index (χ1n) is 5.03. The Balaban J connectivity index is 2.57. The average Bonchev–Trinajstić information content (AvgIpc) is 2.80. The molecule has 1 amide bonds. The highest BCUT2D eigenvalue weighted by Gasteiger charge is 2.12. The van der Waals surface area contributed by atoms with Gasteiger partial charge < -0.3 is 4.90 Å². The van der Waals surface area contributed by atoms with Crippen LogP contribution in [0.3, 0.4) is 0 Å². The van der Waals surface area contributed by atoms with Gasteiger partial charge in [0, 0.05) is 6.54 Å². The van der Waals surface area contributed by atoms with Crippen molar-refractivity contribution < 1.29 is 4.79 Å². The molecule has 88 valence electrons. The summed E-state index contributed by atoms with van der Waals surface area (Å²) in [5.41, 5.74) is 0.799. The Morgan fingerprint density at radius 3 is 3.00 bits per heavy atom. The molecule has 0 radical (unpaired) electrons. The molecule has 0 aliphatic carbocycles. The smallest absolute Gasteiger partial charge is 0.238 e. The summed E-state index contributed by atoms with van der Waals surface area (Å²) in [5.74, 6) is -0.0900. The van der Waals surface area contributed by atoms with Gasteiger partial charge in [-0.3, -0.25) is 4.79 Å². The Labute approximate surface area is 104 Å². The van der Waals surface area contributed by atoms with Gasteiger partial charge in [0.15, 0.2) is 0 Å². The lowest BCUT2D eigenvalue weighted by molar-refractivity contribution is -0.128. The Morgan fingerprint density at radius 1 is 1.62 bits per heavy atom. The molecule has 4 nitrogen and oxygen atoms in total. The van der Waals surface area contributed by atoms with Crippen molar-refractivity contribution >= 4 is 29.2 Å². The number of nitrogens with zero attached hydrogens (tertiary/aromatic N) is 3. The van der Waals surface area contributed by atoms with Crippen LogP contribution in [0.15, 0.2) is 18.3 Å². The lowest BCUT2D eigenvalue weighted by atomic mass is 10.3. The monoisotopic (exact) mass is 259 g/mol. The summed E-state index contributed by atoms with van der Waals surface area (Å²) in [6.07, 6.45) is 6.61. The molecule has 0 N–H and O–H groups in total. The molecule has 0 unspecified atom stereocenters. The number of amides is 1. The molecule has 0 bridgehead atoms. The van der Waals surface area contributed by atoms with Crippen molar-refractivity contribution in [1.82, 2.24) is 13.6 Å². The molecule has 16 heavy (non-hydrogen) atoms. The van der Waals surface area contributed by atoms with Crippen LogP contribution in [0.4, 0.5) is 0 Å². The molecule has 1 heterocycles. The van der Waals surface area contributed by atoms with Crippen molar-refractivity contribution in [2.75, 3.05) is 12.4 Å². The Bertz CT molecular complexity index is 340. The third kappa shape index (κ3) is 4.28. The third-order valence-corrected chi connectivity index (χ3v) is 2.70. The summed E-state index contributed by atoms with van der Waals surface area (Å²) in [4.78, 5) is 13.2. The molecule has 0 aromatic carbocycles. The molecule has 0 saturated carbocycles. The lowest BCUT2D eigenvalue weighted by Crippen LogP contribution is -2.31. The first kappa shape index (κ1) is 13.1. The van der Waals surface area contributed by atoms with Crippen LogP contribution < -0.4 is 0 Å². The maximum Gasteiger partial charge on any atom is 0.238 e. The number of aromatic nitrogens is 2. The highest BCUT2D eigenvalue weighted by Crippen LogP contribution is 2.04. The zero-order chi connectivity index (χ0) is 11.8. The van der Waals surface area contributed by atoms with E-state index in [0.29, 0.717) is 13.1 Å². The Kier molecular flexibility index (Phi) is 6.03. The number of hydrogen-bond acceptors (Lipinski definition) is 4. The quantitative estimate of drug-likeness (QED) is 0.580. The molecule has 1 aromatic heterocycles. The SMILES string of the molecule is CCC=CCN(Cc1cnsn1)C(=O)CCl. The second-order valence-corrected chi connectivity index (χ2v) is 4.01. The van der Waals surface area contributed by atoms with Gasteiger partial charge in [0.1, 0.15) is 5.88 Å². The van der Waals surface area contributed by atoms with E-state index in [0.717, 1.165) is 23.8 Å². The van der Waals surface area contributed by atoms with Crippen LogP contribution in [0.5, 0.6) is 0 Å². The lowest BCUT2D eigenvalue weighted by Gasteiger charge is -2.18. The van der Waals surface area contributed by atoms with Crippen LogP contribution in [0.2, 0.25) is 0 Å². The standard InChI is InChI=1S/C10H14ClN3OS/c1-2-3-4-5-14(10(15)6-11)8-9-7-12-16-13-9/h3-4,7H,2,5-6,8H2,1H3. The van der Waals surface area contributed by atoms with E-state index in [9.17, 15) is 4.79 Å². The number of carbonyl (C=O) groups is 1. The van der Waals surface area contributed by atoms with Crippen LogP contribution in [0.1, 0.15) is 19.0 Å². The van der Waals surface area contributed by atoms with Crippen LogP contribution >= 0.6 is 23.3 Å². The first-order valence-corrected chi connectivity index (χ1v) is 6.29. The molecule has 6 heteroatoms. The maximum absolute atomic E-state index is 11.5. The highest BCUT2D eigenvalue weighted by molar-refractivity contribution is 6.99. The van der Waals surface area contributed by atoms with Gasteiger partial charge >= 0.3 is 0 Å². The fraction of sp³-hybridized carbons (Fsp3) is 0.500. The molecule has 0 aliphatic heterocycles. The molecular weight excluding hydrogens is 246 g/mol. The molecular formula is C10H14ClN3OS. The van der Waals surface area contributed by atoms with E-state index >= 15 is 0 Å². The maximum atomic E-state index is 11.5. The van der Waals surface area contributed by atoms with Gasteiger partial charge in [0.05, 0.1) is 30.2 Å². The normalized spacial score (nSPS) is 10.9. The van der Waals surface area contributed by atoms with Crippen molar-refractivity contribution in [2.24, 2.45) is 0 Å². The van der Waals surface area contributed by atoms with Crippen molar-refractivity contribution in [2.45, 2.75) is 19.9 Å². The number of alkyl halides is 1. The van der Waals surface area contributed by atoms with Crippen LogP contribution in [0.25, 0.3) is 0 Å². The summed E-state index contributed by atoms with van der Waals surface area (Å²) in [6.45, 7) is 3.08. The van der Waals surface area contributed by atoms with Crippen molar-refractivity contribution in [3.05, 3.63) is 24.0 Å². The average molecular weight is 260 g/mol. The van der Waals surface area contributed by atoms with Gasteiger partial charge in [0.25, 0.3) is 0 Å². The number of allylic oxidation sites excluding steroid dienone is 1. The van der Waals surface area contributed by atoms with Gasteiger partial charge in [-0.15, -0.1) is 11.6 Å². The number of hydrogen-bond donors (Lipinski definition) is 0. The van der Waals surface area contributed by atoms with Crippen molar-refractivity contribution in [3.8, 4) is 0 Å². The van der Waals surface area contributed by atoms with E-state index < -0.39 is 0 Å². The van der Waals surface area contributed by atoms with E-state index in [1.807, 2.05) is 12.2 Å². The zero-order valence-corrected chi connectivity index (χ0v) is 10.7. The minimum absolute atomic E-state index is 0.00245. The number of rotatable bonds is 6. The van der Waals surface area contributed by atoms with Crippen LogP contribution in [-0.4, -0.2) is 32.0 Å². The molecule has 0 spiro atoms. The minimum Gasteiger partial charge on any atom is -0.332 e. The van der Waals surface area contributed by atoms with E-state index in [2.05, 4.69) is 15.7 Å². The molecule has 1 rings (SSSR count). The predicted molar refractivity (Wildman–Crippen MR) is 65.5 cm³/mol. The Hall–Kier alpha value is -0.940. The zero-order valence-electron chi connectivity index (χ0n) is 9.10. The van der Waals surface area contributed by atoms with Crippen molar-refractivity contribution in [3.63, 3.8) is 0 Å². The summed E-state index contributed by atoms with van der Waals surface area (Å²) >= 11 is 6.69. The highest BCUT2D eigenvalue weighted by atomic mass is 35.5. The second kappa shape index (κ2) is 7.35. The predicted octanol–water partition coefficient (Wildman–Crippen LogP) is 2.07. The summed E-state index contributed by atoms with van der Waals surface area (Å²) in [6, 6.07) is 0. The number of halogens is 1. The number of carbonyl (C=O) groups excluding carboxylic acids is 1. The van der Waals surface area contributed by atoms with Gasteiger partial charge in [-0.1, -0.05) is 19.1 Å². The fourth-order valence-electron chi connectivity index (χ4n) is 1.16. The molecule has 0 atom stereocenters. The summed E-state index contributed by atoms with van der Waals surface area (Å²) < 4.78 is 7.97. The largest absolute Gasteiger partial charge is 0.332 e. The molecule has 1 aromatic rings. The minimum atomic E-state index is -0.0876. The van der Waals surface area contributed by atoms with Crippen molar-refractivity contribution in [1.29, 1.82) is 0 Å². The van der Waals surface area contributed by atoms with Gasteiger partial charge in [0.2, 0.25) is 5.91 Å². The third-order valence-electron chi connectivity index (χ3n) is 1.95. The van der Waals surface area contributed by atoms with Gasteiger partial charge in [-0.25, -0.2) is 0 Å². The molecule has 0 aliphatic rings. The molecule has 0 fully saturated rings. The Morgan fingerprint density at radius 2 is 2.44 bits per heavy atom. The van der Waals surface area contributed by atoms with E-state index in [1.165, 1.54) is 0 Å². The summed E-state index contributed by atoms with van der Waals surface area (Å²) in [5, 5.41) is 0. The van der Waals surface area contributed by atoms with Gasteiger partial charge in [-0.2, -0.15) is 8.75 Å². The van der Waals surface area contributed by atoms with E-state index in [1.54, 1.807) is 11.1 Å².